The van der Waals surface area contributed by atoms with Crippen molar-refractivity contribution >= 4 is 16.7 Å². The maximum Gasteiger partial charge on any atom is 0.127 e. The SMILES string of the molecule is CNc1cc(C#N)c2ccc(C)c(C)c2n1. The van der Waals surface area contributed by atoms with Crippen molar-refractivity contribution in [1.29, 1.82) is 5.26 Å². The summed E-state index contributed by atoms with van der Waals surface area (Å²) >= 11 is 0. The predicted octanol–water partition coefficient (Wildman–Crippen LogP) is 2.77. The zero-order chi connectivity index (χ0) is 11.7. The second-order valence-corrected chi connectivity index (χ2v) is 3.82. The van der Waals surface area contributed by atoms with Crippen LogP contribution in [0, 0.1) is 25.2 Å². The van der Waals surface area contributed by atoms with E-state index in [1.807, 2.05) is 19.1 Å². The van der Waals surface area contributed by atoms with Crippen LogP contribution in [0.3, 0.4) is 0 Å². The first-order valence-electron chi connectivity index (χ1n) is 5.16. The van der Waals surface area contributed by atoms with Crippen molar-refractivity contribution in [3.8, 4) is 6.07 Å². The van der Waals surface area contributed by atoms with E-state index in [1.165, 1.54) is 5.56 Å². The van der Waals surface area contributed by atoms with E-state index in [4.69, 9.17) is 5.26 Å². The zero-order valence-corrected chi connectivity index (χ0v) is 9.63. The third kappa shape index (κ3) is 1.49. The lowest BCUT2D eigenvalue weighted by molar-refractivity contribution is 1.28. The Balaban J connectivity index is 2.91. The molecule has 1 aromatic heterocycles. The molecule has 1 heterocycles. The van der Waals surface area contributed by atoms with Gasteiger partial charge in [-0.3, -0.25) is 0 Å². The highest BCUT2D eigenvalue weighted by Gasteiger charge is 2.08. The molecule has 3 heteroatoms. The number of rotatable bonds is 1. The highest BCUT2D eigenvalue weighted by atomic mass is 15.0. The molecule has 0 amide bonds. The summed E-state index contributed by atoms with van der Waals surface area (Å²) in [7, 11) is 1.81. The van der Waals surface area contributed by atoms with Crippen LogP contribution in [0.2, 0.25) is 0 Å². The smallest absolute Gasteiger partial charge is 0.127 e. The maximum atomic E-state index is 9.11. The van der Waals surface area contributed by atoms with Crippen molar-refractivity contribution in [2.75, 3.05) is 12.4 Å². The first-order valence-corrected chi connectivity index (χ1v) is 5.16. The molecule has 16 heavy (non-hydrogen) atoms. The van der Waals surface area contributed by atoms with Gasteiger partial charge < -0.3 is 5.32 Å². The summed E-state index contributed by atoms with van der Waals surface area (Å²) in [5.41, 5.74) is 3.89. The summed E-state index contributed by atoms with van der Waals surface area (Å²) in [6.07, 6.45) is 0. The van der Waals surface area contributed by atoms with Gasteiger partial charge in [-0.2, -0.15) is 5.26 Å². The van der Waals surface area contributed by atoms with Gasteiger partial charge in [0.15, 0.2) is 0 Å². The molecule has 1 aromatic carbocycles. The molecule has 0 saturated carbocycles. The third-order valence-corrected chi connectivity index (χ3v) is 2.88. The monoisotopic (exact) mass is 211 g/mol. The Kier molecular flexibility index (Phi) is 2.49. The van der Waals surface area contributed by atoms with Crippen LogP contribution >= 0.6 is 0 Å². The molecule has 0 atom stereocenters. The van der Waals surface area contributed by atoms with Crippen LogP contribution in [0.15, 0.2) is 18.2 Å². The Bertz CT molecular complexity index is 594. The third-order valence-electron chi connectivity index (χ3n) is 2.88. The number of fused-ring (bicyclic) bond motifs is 1. The average molecular weight is 211 g/mol. The van der Waals surface area contributed by atoms with E-state index < -0.39 is 0 Å². The minimum Gasteiger partial charge on any atom is -0.373 e. The fourth-order valence-corrected chi connectivity index (χ4v) is 1.75. The number of anilines is 1. The molecular formula is C13H13N3. The van der Waals surface area contributed by atoms with Crippen molar-refractivity contribution in [3.63, 3.8) is 0 Å². The van der Waals surface area contributed by atoms with Gasteiger partial charge in [0, 0.05) is 12.4 Å². The quantitative estimate of drug-likeness (QED) is 0.789. The number of aromatic nitrogens is 1. The first-order chi connectivity index (χ1) is 7.67. The molecule has 0 aliphatic carbocycles. The Labute approximate surface area is 94.7 Å². The van der Waals surface area contributed by atoms with Crippen molar-refractivity contribution in [1.82, 2.24) is 4.98 Å². The second-order valence-electron chi connectivity index (χ2n) is 3.82. The fourth-order valence-electron chi connectivity index (χ4n) is 1.75. The molecule has 0 saturated heterocycles. The van der Waals surface area contributed by atoms with Gasteiger partial charge in [0.25, 0.3) is 0 Å². The van der Waals surface area contributed by atoms with Crippen LogP contribution in [0.1, 0.15) is 16.7 Å². The Morgan fingerprint density at radius 2 is 2.06 bits per heavy atom. The molecule has 2 rings (SSSR count). The molecule has 0 unspecified atom stereocenters. The van der Waals surface area contributed by atoms with Gasteiger partial charge in [0.1, 0.15) is 5.82 Å². The minimum absolute atomic E-state index is 0.664. The van der Waals surface area contributed by atoms with Gasteiger partial charge in [0.05, 0.1) is 17.1 Å². The van der Waals surface area contributed by atoms with E-state index in [0.717, 1.165) is 22.3 Å². The molecule has 80 valence electrons. The van der Waals surface area contributed by atoms with Crippen molar-refractivity contribution < 1.29 is 0 Å². The first kappa shape index (κ1) is 10.4. The highest BCUT2D eigenvalue weighted by molar-refractivity contribution is 5.89. The lowest BCUT2D eigenvalue weighted by atomic mass is 10.0. The zero-order valence-electron chi connectivity index (χ0n) is 9.63. The minimum atomic E-state index is 0.664. The largest absolute Gasteiger partial charge is 0.373 e. The fraction of sp³-hybridized carbons (Fsp3) is 0.231. The summed E-state index contributed by atoms with van der Waals surface area (Å²) in [5, 5.41) is 13.0. The number of hydrogen-bond acceptors (Lipinski definition) is 3. The van der Waals surface area contributed by atoms with Gasteiger partial charge in [-0.15, -0.1) is 0 Å². The lowest BCUT2D eigenvalue weighted by Crippen LogP contribution is -1.96. The Morgan fingerprint density at radius 3 is 2.69 bits per heavy atom. The van der Waals surface area contributed by atoms with Crippen LogP contribution in [-0.2, 0) is 0 Å². The molecule has 2 aromatic rings. The van der Waals surface area contributed by atoms with Crippen molar-refractivity contribution in [2.45, 2.75) is 13.8 Å². The van der Waals surface area contributed by atoms with Crippen LogP contribution in [0.25, 0.3) is 10.9 Å². The van der Waals surface area contributed by atoms with E-state index in [9.17, 15) is 0 Å². The number of pyridine rings is 1. The molecule has 0 aliphatic rings. The van der Waals surface area contributed by atoms with E-state index in [1.54, 1.807) is 13.1 Å². The molecule has 3 nitrogen and oxygen atoms in total. The van der Waals surface area contributed by atoms with E-state index in [0.29, 0.717) is 5.56 Å². The summed E-state index contributed by atoms with van der Waals surface area (Å²) in [4.78, 5) is 4.50. The lowest BCUT2D eigenvalue weighted by Gasteiger charge is -2.08. The summed E-state index contributed by atoms with van der Waals surface area (Å²) < 4.78 is 0. The second kappa shape index (κ2) is 3.82. The number of benzene rings is 1. The highest BCUT2D eigenvalue weighted by Crippen LogP contribution is 2.24. The van der Waals surface area contributed by atoms with Crippen LogP contribution in [0.4, 0.5) is 5.82 Å². The van der Waals surface area contributed by atoms with Gasteiger partial charge in [-0.25, -0.2) is 4.98 Å². The number of aryl methyl sites for hydroxylation is 2. The van der Waals surface area contributed by atoms with Crippen LogP contribution in [0.5, 0.6) is 0 Å². The van der Waals surface area contributed by atoms with Crippen molar-refractivity contribution in [2.24, 2.45) is 0 Å². The maximum absolute atomic E-state index is 9.11. The van der Waals surface area contributed by atoms with Crippen LogP contribution in [-0.4, -0.2) is 12.0 Å². The van der Waals surface area contributed by atoms with E-state index >= 15 is 0 Å². The molecule has 0 bridgehead atoms. The van der Waals surface area contributed by atoms with Gasteiger partial charge in [-0.05, 0) is 31.0 Å². The van der Waals surface area contributed by atoms with Gasteiger partial charge in [0.2, 0.25) is 0 Å². The van der Waals surface area contributed by atoms with Crippen LogP contribution < -0.4 is 5.32 Å². The molecule has 1 N–H and O–H groups in total. The topological polar surface area (TPSA) is 48.7 Å². The van der Waals surface area contributed by atoms with Crippen molar-refractivity contribution in [3.05, 3.63) is 34.9 Å². The van der Waals surface area contributed by atoms with Gasteiger partial charge in [-0.1, -0.05) is 12.1 Å². The number of hydrogen-bond donors (Lipinski definition) is 1. The molecule has 0 spiro atoms. The number of nitrogens with zero attached hydrogens (tertiary/aromatic N) is 2. The normalized spacial score (nSPS) is 10.1. The standard InChI is InChI=1S/C13H13N3/c1-8-4-5-11-10(7-14)6-12(15-3)16-13(11)9(8)2/h4-6H,1-3H3,(H,15,16). The number of nitriles is 1. The molecular weight excluding hydrogens is 198 g/mol. The Morgan fingerprint density at radius 1 is 1.31 bits per heavy atom. The summed E-state index contributed by atoms with van der Waals surface area (Å²) in [5.74, 6) is 0.734. The molecule has 0 radical (unpaired) electrons. The van der Waals surface area contributed by atoms with E-state index in [-0.39, 0.29) is 0 Å². The van der Waals surface area contributed by atoms with E-state index in [2.05, 4.69) is 23.3 Å². The summed E-state index contributed by atoms with van der Waals surface area (Å²) in [6.45, 7) is 4.08. The summed E-state index contributed by atoms with van der Waals surface area (Å²) in [6, 6.07) is 7.97. The molecule has 0 fully saturated rings. The Hall–Kier alpha value is -2.08. The number of nitrogens with one attached hydrogen (secondary N) is 1. The molecule has 0 aliphatic heterocycles. The predicted molar refractivity (Wildman–Crippen MR) is 65.5 cm³/mol. The van der Waals surface area contributed by atoms with Gasteiger partial charge >= 0.3 is 0 Å². The average Bonchev–Trinajstić information content (AvgIpc) is 2.32.